The van der Waals surface area contributed by atoms with Crippen LogP contribution in [0.4, 0.5) is 5.69 Å². The molecule has 0 heterocycles. The van der Waals surface area contributed by atoms with Gasteiger partial charge < -0.3 is 0 Å². The molecule has 0 radical (unpaired) electrons. The molecule has 1 N–H and O–H groups in total. The average molecular weight is 600 g/mol. The number of hydrogen-bond acceptors (Lipinski definition) is 6. The lowest BCUT2D eigenvalue weighted by atomic mass is 10.2. The zero-order valence-corrected chi connectivity index (χ0v) is 21.7. The summed E-state index contributed by atoms with van der Waals surface area (Å²) < 4.78 is 28.3. The maximum atomic E-state index is 13.3. The molecule has 13 heteroatoms. The topological polar surface area (TPSA) is 122 Å². The molecule has 35 heavy (non-hydrogen) atoms. The van der Waals surface area contributed by atoms with Gasteiger partial charge in [0.05, 0.1) is 22.6 Å². The van der Waals surface area contributed by atoms with Crippen LogP contribution < -0.4 is 5.43 Å². The van der Waals surface area contributed by atoms with Gasteiger partial charge in [-0.15, -0.1) is 0 Å². The molecule has 0 unspecified atom stereocenters. The molecule has 0 fully saturated rings. The summed E-state index contributed by atoms with van der Waals surface area (Å²) in [5.41, 5.74) is 2.94. The Morgan fingerprint density at radius 2 is 1.83 bits per heavy atom. The third kappa shape index (κ3) is 7.33. The number of amides is 1. The van der Waals surface area contributed by atoms with E-state index in [0.717, 1.165) is 4.31 Å². The molecule has 0 aliphatic heterocycles. The van der Waals surface area contributed by atoms with Gasteiger partial charge in [0.25, 0.3) is 11.6 Å². The number of sulfonamides is 1. The van der Waals surface area contributed by atoms with Gasteiger partial charge in [0.1, 0.15) is 0 Å². The van der Waals surface area contributed by atoms with Crippen molar-refractivity contribution in [1.82, 2.24) is 9.73 Å². The number of rotatable bonds is 9. The quantitative estimate of drug-likeness (QED) is 0.211. The zero-order valence-electron chi connectivity index (χ0n) is 17.8. The second kappa shape index (κ2) is 11.7. The van der Waals surface area contributed by atoms with Gasteiger partial charge >= 0.3 is 0 Å². The first-order valence-electron chi connectivity index (χ1n) is 9.82. The average Bonchev–Trinajstić information content (AvgIpc) is 2.80. The zero-order chi connectivity index (χ0) is 25.6. The number of non-ortho nitro benzene ring substituents is 1. The van der Waals surface area contributed by atoms with Gasteiger partial charge in [-0.05, 0) is 42.0 Å². The number of carbonyl (C=O) groups is 1. The molecule has 3 aromatic carbocycles. The Labute approximate surface area is 219 Å². The molecule has 9 nitrogen and oxygen atoms in total. The second-order valence-corrected chi connectivity index (χ2v) is 10.8. The lowest BCUT2D eigenvalue weighted by molar-refractivity contribution is -0.384. The number of benzene rings is 3. The molecular weight excluding hydrogens is 583 g/mol. The van der Waals surface area contributed by atoms with Crippen molar-refractivity contribution in [3.8, 4) is 0 Å². The molecule has 0 saturated heterocycles. The van der Waals surface area contributed by atoms with Crippen molar-refractivity contribution in [2.75, 3.05) is 6.54 Å². The summed E-state index contributed by atoms with van der Waals surface area (Å²) >= 11 is 15.4. The Hall–Kier alpha value is -2.83. The van der Waals surface area contributed by atoms with Gasteiger partial charge in [-0.3, -0.25) is 14.9 Å². The Kier molecular flexibility index (Phi) is 8.98. The summed E-state index contributed by atoms with van der Waals surface area (Å²) in [6.07, 6.45) is 1.22. The lowest BCUT2D eigenvalue weighted by Gasteiger charge is -2.22. The molecular formula is C22H17BrCl2N4O5S. The molecule has 182 valence electrons. The van der Waals surface area contributed by atoms with E-state index in [4.69, 9.17) is 23.2 Å². The Morgan fingerprint density at radius 1 is 1.11 bits per heavy atom. The molecule has 0 aliphatic carbocycles. The highest BCUT2D eigenvalue weighted by molar-refractivity contribution is 9.10. The van der Waals surface area contributed by atoms with E-state index in [-0.39, 0.29) is 22.2 Å². The van der Waals surface area contributed by atoms with E-state index in [9.17, 15) is 23.3 Å². The number of halogens is 3. The summed E-state index contributed by atoms with van der Waals surface area (Å²) in [6.45, 7) is -0.764. The number of nitro benzene ring substituents is 1. The van der Waals surface area contributed by atoms with Crippen molar-refractivity contribution in [2.24, 2.45) is 5.10 Å². The minimum absolute atomic E-state index is 0.0151. The van der Waals surface area contributed by atoms with E-state index in [0.29, 0.717) is 20.6 Å². The molecule has 0 saturated carbocycles. The molecule has 0 aliphatic rings. The van der Waals surface area contributed by atoms with E-state index in [1.54, 1.807) is 30.3 Å². The van der Waals surface area contributed by atoms with Crippen molar-refractivity contribution in [3.63, 3.8) is 0 Å². The van der Waals surface area contributed by atoms with Crippen LogP contribution in [0.25, 0.3) is 0 Å². The van der Waals surface area contributed by atoms with Crippen LogP contribution in [0.2, 0.25) is 10.0 Å². The fourth-order valence-corrected chi connectivity index (χ4v) is 5.02. The van der Waals surface area contributed by atoms with Crippen molar-refractivity contribution in [3.05, 3.63) is 102 Å². The van der Waals surface area contributed by atoms with Crippen LogP contribution in [-0.2, 0) is 21.4 Å². The van der Waals surface area contributed by atoms with E-state index in [1.165, 1.54) is 42.6 Å². The Morgan fingerprint density at radius 3 is 2.49 bits per heavy atom. The molecule has 3 rings (SSSR count). The van der Waals surface area contributed by atoms with Crippen LogP contribution in [0.1, 0.15) is 11.1 Å². The van der Waals surface area contributed by atoms with Crippen molar-refractivity contribution in [1.29, 1.82) is 0 Å². The van der Waals surface area contributed by atoms with Gasteiger partial charge in [0.2, 0.25) is 10.0 Å². The van der Waals surface area contributed by atoms with Crippen molar-refractivity contribution >= 4 is 67.0 Å². The smallest absolute Gasteiger partial charge is 0.270 e. The molecule has 0 bridgehead atoms. The summed E-state index contributed by atoms with van der Waals surface area (Å²) in [7, 11) is -4.10. The largest absolute Gasteiger partial charge is 0.272 e. The van der Waals surface area contributed by atoms with E-state index in [1.807, 2.05) is 0 Å². The third-order valence-electron chi connectivity index (χ3n) is 4.62. The summed E-state index contributed by atoms with van der Waals surface area (Å²) in [5, 5.41) is 15.3. The second-order valence-electron chi connectivity index (χ2n) is 7.11. The van der Waals surface area contributed by atoms with Crippen LogP contribution in [0.5, 0.6) is 0 Å². The fourth-order valence-electron chi connectivity index (χ4n) is 2.91. The first-order chi connectivity index (χ1) is 16.6. The number of hydrazone groups is 1. The van der Waals surface area contributed by atoms with Gasteiger partial charge in [-0.2, -0.15) is 9.41 Å². The molecule has 0 atom stereocenters. The fraction of sp³-hybridized carbons (Fsp3) is 0.0909. The monoisotopic (exact) mass is 598 g/mol. The maximum absolute atomic E-state index is 13.3. The summed E-state index contributed by atoms with van der Waals surface area (Å²) in [4.78, 5) is 22.9. The molecule has 1 amide bonds. The standard InChI is InChI=1S/C22H17BrCl2N4O5S/c23-17-5-8-20(9-6-17)35(33,34)28(13-16-4-7-18(24)11-21(16)25)14-22(30)27-26-12-15-2-1-3-19(10-15)29(31)32/h1-12H,13-14H2,(H,27,30)/b26-12+. The number of nitrogens with zero attached hydrogens (tertiary/aromatic N) is 3. The predicted octanol–water partition coefficient (Wildman–Crippen LogP) is 5.01. The first-order valence-corrected chi connectivity index (χ1v) is 12.8. The number of carbonyl (C=O) groups excluding carboxylic acids is 1. The van der Waals surface area contributed by atoms with Crippen LogP contribution in [0.15, 0.2) is 81.2 Å². The highest BCUT2D eigenvalue weighted by Crippen LogP contribution is 2.26. The first kappa shape index (κ1) is 26.8. The van der Waals surface area contributed by atoms with Gasteiger partial charge in [-0.1, -0.05) is 57.3 Å². The Bertz CT molecular complexity index is 1380. The van der Waals surface area contributed by atoms with Crippen LogP contribution in [-0.4, -0.2) is 36.3 Å². The van der Waals surface area contributed by atoms with Crippen LogP contribution in [0, 0.1) is 10.1 Å². The van der Waals surface area contributed by atoms with Crippen LogP contribution >= 0.6 is 39.1 Å². The summed E-state index contributed by atoms with van der Waals surface area (Å²) in [5.74, 6) is -0.725. The highest BCUT2D eigenvalue weighted by atomic mass is 79.9. The third-order valence-corrected chi connectivity index (χ3v) is 7.54. The molecule has 3 aromatic rings. The minimum atomic E-state index is -4.10. The van der Waals surface area contributed by atoms with Gasteiger partial charge in [0.15, 0.2) is 0 Å². The van der Waals surface area contributed by atoms with Crippen LogP contribution in [0.3, 0.4) is 0 Å². The van der Waals surface area contributed by atoms with E-state index < -0.39 is 27.4 Å². The normalized spacial score (nSPS) is 11.7. The lowest BCUT2D eigenvalue weighted by Crippen LogP contribution is -2.39. The number of hydrogen-bond donors (Lipinski definition) is 1. The Balaban J connectivity index is 1.81. The van der Waals surface area contributed by atoms with Crippen molar-refractivity contribution < 1.29 is 18.1 Å². The van der Waals surface area contributed by atoms with E-state index in [2.05, 4.69) is 26.5 Å². The number of nitrogens with one attached hydrogen (secondary N) is 1. The maximum Gasteiger partial charge on any atom is 0.270 e. The van der Waals surface area contributed by atoms with Crippen molar-refractivity contribution in [2.45, 2.75) is 11.4 Å². The highest BCUT2D eigenvalue weighted by Gasteiger charge is 2.27. The van der Waals surface area contributed by atoms with Gasteiger partial charge in [-0.25, -0.2) is 13.8 Å². The predicted molar refractivity (Wildman–Crippen MR) is 137 cm³/mol. The summed E-state index contributed by atoms with van der Waals surface area (Å²) in [6, 6.07) is 16.2. The minimum Gasteiger partial charge on any atom is -0.272 e. The number of nitro groups is 1. The molecule has 0 aromatic heterocycles. The molecule has 0 spiro atoms. The van der Waals surface area contributed by atoms with Gasteiger partial charge in [0, 0.05) is 38.8 Å². The SMILES string of the molecule is O=C(CN(Cc1ccc(Cl)cc1Cl)S(=O)(=O)c1ccc(Br)cc1)N/N=C/c1cccc([N+](=O)[O-])c1. The van der Waals surface area contributed by atoms with E-state index >= 15 is 0 Å².